The van der Waals surface area contributed by atoms with Crippen molar-refractivity contribution in [2.75, 3.05) is 14.1 Å². The number of aliphatic carboxylic acids is 1. The molecule has 0 aliphatic rings. The van der Waals surface area contributed by atoms with Crippen LogP contribution < -0.4 is 0 Å². The second-order valence-corrected chi connectivity index (χ2v) is 3.02. The van der Waals surface area contributed by atoms with Crippen molar-refractivity contribution < 1.29 is 9.90 Å². The third-order valence-corrected chi connectivity index (χ3v) is 1.71. The summed E-state index contributed by atoms with van der Waals surface area (Å²) in [4.78, 5) is 12.2. The average Bonchev–Trinajstić information content (AvgIpc) is 1.96. The van der Waals surface area contributed by atoms with E-state index in [0.29, 0.717) is 0 Å². The normalized spacial score (nSPS) is 14.0. The molecule has 0 fully saturated rings. The van der Waals surface area contributed by atoms with Crippen LogP contribution in [-0.2, 0) is 4.79 Å². The Morgan fingerprint density at radius 2 is 2.17 bits per heavy atom. The van der Waals surface area contributed by atoms with Gasteiger partial charge in [0.1, 0.15) is 0 Å². The Hall–Kier alpha value is -0.830. The predicted molar refractivity (Wildman–Crippen MR) is 49.2 cm³/mol. The summed E-state index contributed by atoms with van der Waals surface area (Å²) in [5.74, 6) is -0.877. The molecule has 0 heterocycles. The van der Waals surface area contributed by atoms with Gasteiger partial charge in [-0.05, 0) is 20.5 Å². The standard InChI is InChI=1S/C9H17NO2/c1-4-5-8(10(2)3)6-7-9(11)12/h6-8H,4-5H2,1-3H3,(H,11,12)/b7-6+. The van der Waals surface area contributed by atoms with Gasteiger partial charge in [0.25, 0.3) is 0 Å². The summed E-state index contributed by atoms with van der Waals surface area (Å²) in [7, 11) is 3.90. The lowest BCUT2D eigenvalue weighted by atomic mass is 10.1. The second kappa shape index (κ2) is 5.77. The molecule has 0 radical (unpaired) electrons. The lowest BCUT2D eigenvalue weighted by Gasteiger charge is -2.19. The van der Waals surface area contributed by atoms with E-state index in [9.17, 15) is 4.79 Å². The Kier molecular flexibility index (Phi) is 5.37. The molecule has 0 amide bonds. The molecule has 12 heavy (non-hydrogen) atoms. The molecular formula is C9H17NO2. The van der Waals surface area contributed by atoms with Crippen molar-refractivity contribution in [2.24, 2.45) is 0 Å². The average molecular weight is 171 g/mol. The van der Waals surface area contributed by atoms with E-state index in [1.165, 1.54) is 6.08 Å². The largest absolute Gasteiger partial charge is 0.478 e. The van der Waals surface area contributed by atoms with Gasteiger partial charge in [-0.15, -0.1) is 0 Å². The van der Waals surface area contributed by atoms with Crippen molar-refractivity contribution in [1.82, 2.24) is 4.90 Å². The number of rotatable bonds is 5. The summed E-state index contributed by atoms with van der Waals surface area (Å²) < 4.78 is 0. The third kappa shape index (κ3) is 4.91. The van der Waals surface area contributed by atoms with Crippen LogP contribution in [0, 0.1) is 0 Å². The zero-order chi connectivity index (χ0) is 9.56. The van der Waals surface area contributed by atoms with Gasteiger partial charge in [-0.1, -0.05) is 19.4 Å². The summed E-state index contributed by atoms with van der Waals surface area (Å²) in [6, 6.07) is 0.242. The van der Waals surface area contributed by atoms with E-state index in [4.69, 9.17) is 5.11 Å². The second-order valence-electron chi connectivity index (χ2n) is 3.02. The van der Waals surface area contributed by atoms with E-state index in [-0.39, 0.29) is 6.04 Å². The number of carbonyl (C=O) groups is 1. The molecule has 0 saturated heterocycles. The van der Waals surface area contributed by atoms with Crippen LogP contribution in [0.3, 0.4) is 0 Å². The molecule has 0 aromatic rings. The molecule has 1 N–H and O–H groups in total. The minimum absolute atomic E-state index is 0.242. The Balaban J connectivity index is 4.03. The van der Waals surface area contributed by atoms with Crippen LogP contribution in [0.4, 0.5) is 0 Å². The highest BCUT2D eigenvalue weighted by Gasteiger charge is 2.05. The molecule has 3 heteroatoms. The highest BCUT2D eigenvalue weighted by Crippen LogP contribution is 2.04. The molecule has 70 valence electrons. The van der Waals surface area contributed by atoms with Crippen LogP contribution >= 0.6 is 0 Å². The zero-order valence-electron chi connectivity index (χ0n) is 7.95. The van der Waals surface area contributed by atoms with Crippen LogP contribution in [-0.4, -0.2) is 36.1 Å². The van der Waals surface area contributed by atoms with Crippen LogP contribution in [0.25, 0.3) is 0 Å². The van der Waals surface area contributed by atoms with Crippen molar-refractivity contribution in [1.29, 1.82) is 0 Å². The Labute approximate surface area is 73.7 Å². The number of hydrogen-bond donors (Lipinski definition) is 1. The van der Waals surface area contributed by atoms with Gasteiger partial charge in [-0.3, -0.25) is 0 Å². The molecule has 0 saturated carbocycles. The molecule has 0 aliphatic heterocycles. The minimum Gasteiger partial charge on any atom is -0.478 e. The first kappa shape index (κ1) is 11.2. The molecule has 0 aliphatic carbocycles. The van der Waals surface area contributed by atoms with Crippen molar-refractivity contribution in [3.8, 4) is 0 Å². The van der Waals surface area contributed by atoms with E-state index < -0.39 is 5.97 Å². The first-order valence-corrected chi connectivity index (χ1v) is 4.15. The van der Waals surface area contributed by atoms with Crippen LogP contribution in [0.15, 0.2) is 12.2 Å². The predicted octanol–water partition coefficient (Wildman–Crippen LogP) is 1.36. The van der Waals surface area contributed by atoms with Gasteiger partial charge in [0.15, 0.2) is 0 Å². The minimum atomic E-state index is -0.877. The van der Waals surface area contributed by atoms with Gasteiger partial charge in [-0.2, -0.15) is 0 Å². The SMILES string of the molecule is CCCC(/C=C/C(=O)O)N(C)C. The van der Waals surface area contributed by atoms with E-state index >= 15 is 0 Å². The zero-order valence-corrected chi connectivity index (χ0v) is 7.95. The quantitative estimate of drug-likeness (QED) is 0.635. The summed E-state index contributed by atoms with van der Waals surface area (Å²) in [5.41, 5.74) is 0. The summed E-state index contributed by atoms with van der Waals surface area (Å²) in [6.07, 6.45) is 5.00. The number of likely N-dealkylation sites (N-methyl/N-ethyl adjacent to an activating group) is 1. The van der Waals surface area contributed by atoms with Crippen LogP contribution in [0.2, 0.25) is 0 Å². The fraction of sp³-hybridized carbons (Fsp3) is 0.667. The molecule has 0 aromatic carbocycles. The van der Waals surface area contributed by atoms with Gasteiger partial charge in [0.05, 0.1) is 0 Å². The lowest BCUT2D eigenvalue weighted by Crippen LogP contribution is -2.25. The number of carboxylic acid groups (broad SMARTS) is 1. The molecule has 0 rings (SSSR count). The fourth-order valence-corrected chi connectivity index (χ4v) is 1.02. The monoisotopic (exact) mass is 171 g/mol. The number of hydrogen-bond acceptors (Lipinski definition) is 2. The van der Waals surface area contributed by atoms with Gasteiger partial charge < -0.3 is 10.0 Å². The van der Waals surface area contributed by atoms with Crippen molar-refractivity contribution in [3.05, 3.63) is 12.2 Å². The first-order valence-electron chi connectivity index (χ1n) is 4.15. The molecular weight excluding hydrogens is 154 g/mol. The molecule has 1 atom stereocenters. The van der Waals surface area contributed by atoms with Crippen molar-refractivity contribution >= 4 is 5.97 Å². The van der Waals surface area contributed by atoms with Gasteiger partial charge >= 0.3 is 5.97 Å². The maximum atomic E-state index is 10.2. The summed E-state index contributed by atoms with van der Waals surface area (Å²) >= 11 is 0. The van der Waals surface area contributed by atoms with E-state index in [2.05, 4.69) is 6.92 Å². The highest BCUT2D eigenvalue weighted by molar-refractivity contribution is 5.79. The third-order valence-electron chi connectivity index (χ3n) is 1.71. The molecule has 0 spiro atoms. The number of carboxylic acids is 1. The Morgan fingerprint density at radius 3 is 2.50 bits per heavy atom. The highest BCUT2D eigenvalue weighted by atomic mass is 16.4. The molecule has 3 nitrogen and oxygen atoms in total. The fourth-order valence-electron chi connectivity index (χ4n) is 1.02. The molecule has 0 aromatic heterocycles. The van der Waals surface area contributed by atoms with E-state index in [1.807, 2.05) is 19.0 Å². The Bertz CT molecular complexity index is 164. The van der Waals surface area contributed by atoms with E-state index in [0.717, 1.165) is 12.8 Å². The Morgan fingerprint density at radius 1 is 1.58 bits per heavy atom. The van der Waals surface area contributed by atoms with Crippen molar-refractivity contribution in [3.63, 3.8) is 0 Å². The molecule has 0 bridgehead atoms. The summed E-state index contributed by atoms with van der Waals surface area (Å²) in [6.45, 7) is 2.09. The van der Waals surface area contributed by atoms with Crippen LogP contribution in [0.5, 0.6) is 0 Å². The van der Waals surface area contributed by atoms with Gasteiger partial charge in [0.2, 0.25) is 0 Å². The first-order chi connectivity index (χ1) is 5.57. The van der Waals surface area contributed by atoms with Gasteiger partial charge in [-0.25, -0.2) is 4.79 Å². The topological polar surface area (TPSA) is 40.5 Å². The number of nitrogens with zero attached hydrogens (tertiary/aromatic N) is 1. The van der Waals surface area contributed by atoms with Crippen molar-refractivity contribution in [2.45, 2.75) is 25.8 Å². The van der Waals surface area contributed by atoms with E-state index in [1.54, 1.807) is 6.08 Å². The van der Waals surface area contributed by atoms with Crippen LogP contribution in [0.1, 0.15) is 19.8 Å². The molecule has 1 unspecified atom stereocenters. The maximum absolute atomic E-state index is 10.2. The lowest BCUT2D eigenvalue weighted by molar-refractivity contribution is -0.131. The smallest absolute Gasteiger partial charge is 0.328 e. The van der Waals surface area contributed by atoms with Gasteiger partial charge in [0, 0.05) is 12.1 Å². The summed E-state index contributed by atoms with van der Waals surface area (Å²) in [5, 5.41) is 8.41. The maximum Gasteiger partial charge on any atom is 0.328 e.